The summed E-state index contributed by atoms with van der Waals surface area (Å²) >= 11 is 0. The molecule has 1 aliphatic heterocycles. The van der Waals surface area contributed by atoms with Gasteiger partial charge in [0.2, 0.25) is 5.76 Å². The van der Waals surface area contributed by atoms with E-state index >= 15 is 0 Å². The molecule has 0 spiro atoms. The second-order valence-electron chi connectivity index (χ2n) is 6.16. The van der Waals surface area contributed by atoms with E-state index in [1.54, 1.807) is 6.26 Å². The van der Waals surface area contributed by atoms with Crippen LogP contribution < -0.4 is 5.32 Å². The van der Waals surface area contributed by atoms with Gasteiger partial charge in [-0.25, -0.2) is 0 Å². The van der Waals surface area contributed by atoms with Crippen molar-refractivity contribution in [1.29, 1.82) is 0 Å². The summed E-state index contributed by atoms with van der Waals surface area (Å²) < 4.78 is 10.6. The van der Waals surface area contributed by atoms with Crippen LogP contribution in [0.25, 0.3) is 11.5 Å². The first-order chi connectivity index (χ1) is 10.8. The number of rotatable bonds is 6. The van der Waals surface area contributed by atoms with Gasteiger partial charge in [-0.05, 0) is 45.0 Å². The Morgan fingerprint density at radius 2 is 2.05 bits per heavy atom. The average molecular weight is 303 g/mol. The van der Waals surface area contributed by atoms with Crippen LogP contribution in [0, 0.1) is 0 Å². The van der Waals surface area contributed by atoms with Crippen LogP contribution in [0.2, 0.25) is 0 Å². The first-order valence-corrected chi connectivity index (χ1v) is 8.26. The molecule has 1 fully saturated rings. The molecule has 0 saturated carbocycles. The fourth-order valence-electron chi connectivity index (χ4n) is 2.98. The molecule has 5 heteroatoms. The minimum Gasteiger partial charge on any atom is -0.461 e. The lowest BCUT2D eigenvalue weighted by molar-refractivity contribution is 0.255. The molecule has 1 N–H and O–H groups in total. The summed E-state index contributed by atoms with van der Waals surface area (Å²) in [6, 6.07) is 6.10. The predicted octanol–water partition coefficient (Wildman–Crippen LogP) is 3.29. The van der Waals surface area contributed by atoms with Crippen LogP contribution in [0.3, 0.4) is 0 Å². The van der Waals surface area contributed by atoms with Crippen molar-refractivity contribution in [3.8, 4) is 11.5 Å². The van der Waals surface area contributed by atoms with Crippen molar-refractivity contribution >= 4 is 0 Å². The number of hydrogen-bond acceptors (Lipinski definition) is 5. The summed E-state index contributed by atoms with van der Waals surface area (Å²) in [4.78, 5) is 2.57. The van der Waals surface area contributed by atoms with Gasteiger partial charge in [-0.3, -0.25) is 0 Å². The highest BCUT2D eigenvalue weighted by Gasteiger charge is 2.13. The molecule has 120 valence electrons. The van der Waals surface area contributed by atoms with Gasteiger partial charge in [0.15, 0.2) is 5.76 Å². The Hall–Kier alpha value is -1.59. The summed E-state index contributed by atoms with van der Waals surface area (Å²) in [5.74, 6) is 1.40. The molecule has 0 aromatic carbocycles. The monoisotopic (exact) mass is 303 g/mol. The molecule has 0 aliphatic carbocycles. The summed E-state index contributed by atoms with van der Waals surface area (Å²) in [6.07, 6.45) is 7.07. The molecule has 22 heavy (non-hydrogen) atoms. The van der Waals surface area contributed by atoms with Gasteiger partial charge in [-0.15, -0.1) is 0 Å². The van der Waals surface area contributed by atoms with Crippen LogP contribution in [-0.2, 0) is 6.54 Å². The second kappa shape index (κ2) is 7.61. The van der Waals surface area contributed by atoms with E-state index in [4.69, 9.17) is 8.94 Å². The van der Waals surface area contributed by atoms with E-state index in [0.717, 1.165) is 24.5 Å². The van der Waals surface area contributed by atoms with E-state index < -0.39 is 0 Å². The van der Waals surface area contributed by atoms with Gasteiger partial charge in [0.25, 0.3) is 0 Å². The maximum atomic E-state index is 5.31. The van der Waals surface area contributed by atoms with E-state index in [1.807, 2.05) is 18.2 Å². The number of nitrogens with zero attached hydrogens (tertiary/aromatic N) is 2. The van der Waals surface area contributed by atoms with Crippen LogP contribution in [0.5, 0.6) is 0 Å². The first-order valence-electron chi connectivity index (χ1n) is 8.26. The minimum atomic E-state index is 0.446. The molecule has 2 aromatic rings. The van der Waals surface area contributed by atoms with E-state index in [1.165, 1.54) is 38.8 Å². The normalized spacial score (nSPS) is 18.2. The molecule has 2 aromatic heterocycles. The first kappa shape index (κ1) is 15.3. The second-order valence-corrected chi connectivity index (χ2v) is 6.16. The van der Waals surface area contributed by atoms with Crippen LogP contribution in [0.1, 0.15) is 38.3 Å². The Bertz CT molecular complexity index is 542. The highest BCUT2D eigenvalue weighted by Crippen LogP contribution is 2.20. The number of hydrogen-bond donors (Lipinski definition) is 1. The third-order valence-electron chi connectivity index (χ3n) is 4.19. The number of aromatic nitrogens is 1. The smallest absolute Gasteiger partial charge is 0.202 e. The van der Waals surface area contributed by atoms with Crippen molar-refractivity contribution in [1.82, 2.24) is 15.4 Å². The lowest BCUT2D eigenvalue weighted by atomic mass is 10.2. The Balaban J connectivity index is 1.45. The van der Waals surface area contributed by atoms with Gasteiger partial charge >= 0.3 is 0 Å². The van der Waals surface area contributed by atoms with Crippen LogP contribution in [-0.4, -0.2) is 35.7 Å². The topological polar surface area (TPSA) is 54.4 Å². The minimum absolute atomic E-state index is 0.446. The van der Waals surface area contributed by atoms with Crippen molar-refractivity contribution in [2.24, 2.45) is 0 Å². The van der Waals surface area contributed by atoms with Crippen molar-refractivity contribution in [3.63, 3.8) is 0 Å². The van der Waals surface area contributed by atoms with Crippen molar-refractivity contribution in [2.75, 3.05) is 19.6 Å². The Morgan fingerprint density at radius 3 is 2.77 bits per heavy atom. The fraction of sp³-hybridized carbons (Fsp3) is 0.588. The summed E-state index contributed by atoms with van der Waals surface area (Å²) in [6.45, 7) is 6.53. The molecule has 1 aliphatic rings. The molecule has 1 saturated heterocycles. The van der Waals surface area contributed by atoms with E-state index in [-0.39, 0.29) is 0 Å². The standard InChI is InChI=1S/C17H25N3O2/c1-14(13-20-8-4-2-3-5-9-20)18-12-15-11-17(22-19-15)16-7-6-10-21-16/h6-7,10-11,14,18H,2-5,8-9,12-13H2,1H3/t14-/m1/s1. The third kappa shape index (κ3) is 4.21. The highest BCUT2D eigenvalue weighted by molar-refractivity contribution is 5.49. The van der Waals surface area contributed by atoms with Crippen molar-refractivity contribution in [2.45, 2.75) is 45.2 Å². The van der Waals surface area contributed by atoms with E-state index in [2.05, 4.69) is 22.3 Å². The molecule has 0 amide bonds. The molecule has 0 unspecified atom stereocenters. The molecule has 1 atom stereocenters. The average Bonchev–Trinajstić information content (AvgIpc) is 3.14. The van der Waals surface area contributed by atoms with Gasteiger partial charge in [0.05, 0.1) is 12.0 Å². The van der Waals surface area contributed by atoms with E-state index in [0.29, 0.717) is 11.8 Å². The summed E-state index contributed by atoms with van der Waals surface area (Å²) in [5, 5.41) is 7.63. The molecular weight excluding hydrogens is 278 g/mol. The van der Waals surface area contributed by atoms with E-state index in [9.17, 15) is 0 Å². The highest BCUT2D eigenvalue weighted by atomic mass is 16.5. The van der Waals surface area contributed by atoms with Gasteiger partial charge in [-0.1, -0.05) is 18.0 Å². The molecule has 3 rings (SSSR count). The zero-order chi connectivity index (χ0) is 15.2. The maximum absolute atomic E-state index is 5.31. The van der Waals surface area contributed by atoms with Crippen molar-refractivity contribution < 1.29 is 8.94 Å². The third-order valence-corrected chi connectivity index (χ3v) is 4.19. The van der Waals surface area contributed by atoms with Gasteiger partial charge in [0.1, 0.15) is 0 Å². The fourth-order valence-corrected chi connectivity index (χ4v) is 2.98. The summed E-state index contributed by atoms with van der Waals surface area (Å²) in [7, 11) is 0. The quantitative estimate of drug-likeness (QED) is 0.887. The number of likely N-dealkylation sites (tertiary alicyclic amines) is 1. The Morgan fingerprint density at radius 1 is 1.23 bits per heavy atom. The maximum Gasteiger partial charge on any atom is 0.202 e. The Kier molecular flexibility index (Phi) is 5.29. The van der Waals surface area contributed by atoms with Crippen LogP contribution in [0.15, 0.2) is 33.4 Å². The zero-order valence-corrected chi connectivity index (χ0v) is 13.3. The van der Waals surface area contributed by atoms with Gasteiger partial charge in [0, 0.05) is 25.2 Å². The number of nitrogens with one attached hydrogen (secondary N) is 1. The molecule has 0 radical (unpaired) electrons. The SMILES string of the molecule is C[C@H](CN1CCCCCC1)NCc1cc(-c2ccco2)on1. The molecular formula is C17H25N3O2. The Labute approximate surface area is 131 Å². The molecule has 5 nitrogen and oxygen atoms in total. The van der Waals surface area contributed by atoms with Crippen molar-refractivity contribution in [3.05, 3.63) is 30.2 Å². The van der Waals surface area contributed by atoms with Gasteiger partial charge in [-0.2, -0.15) is 0 Å². The summed E-state index contributed by atoms with van der Waals surface area (Å²) in [5.41, 5.74) is 0.911. The molecule has 0 bridgehead atoms. The zero-order valence-electron chi connectivity index (χ0n) is 13.3. The molecule has 3 heterocycles. The lowest BCUT2D eigenvalue weighted by Gasteiger charge is -2.24. The van der Waals surface area contributed by atoms with Crippen LogP contribution >= 0.6 is 0 Å². The van der Waals surface area contributed by atoms with Crippen LogP contribution in [0.4, 0.5) is 0 Å². The van der Waals surface area contributed by atoms with Gasteiger partial charge < -0.3 is 19.2 Å². The predicted molar refractivity (Wildman–Crippen MR) is 85.4 cm³/mol. The largest absolute Gasteiger partial charge is 0.461 e. The number of furan rings is 1. The lowest BCUT2D eigenvalue weighted by Crippen LogP contribution is -2.39.